The van der Waals surface area contributed by atoms with Crippen molar-refractivity contribution in [3.8, 4) is 0 Å². The van der Waals surface area contributed by atoms with Crippen LogP contribution in [-0.4, -0.2) is 39.5 Å². The second-order valence-corrected chi connectivity index (χ2v) is 4.56. The molecule has 0 amide bonds. The van der Waals surface area contributed by atoms with Crippen LogP contribution in [0.15, 0.2) is 0 Å². The molecular weight excluding hydrogens is 202 g/mol. The van der Waals surface area contributed by atoms with E-state index in [2.05, 4.69) is 12.2 Å². The lowest BCUT2D eigenvalue weighted by molar-refractivity contribution is 0.117. The molecular formula is C13H27NO2. The van der Waals surface area contributed by atoms with Gasteiger partial charge in [0.1, 0.15) is 0 Å². The highest BCUT2D eigenvalue weighted by Gasteiger charge is 2.20. The number of unbranched alkanes of at least 4 members (excludes halogenated alkanes) is 1. The van der Waals surface area contributed by atoms with Gasteiger partial charge in [-0.05, 0) is 18.8 Å². The Bertz CT molecular complexity index is 149. The quantitative estimate of drug-likeness (QED) is 0.520. The van der Waals surface area contributed by atoms with Gasteiger partial charge in [-0.25, -0.2) is 0 Å². The fraction of sp³-hybridized carbons (Fsp3) is 1.00. The van der Waals surface area contributed by atoms with Gasteiger partial charge in [-0.1, -0.05) is 26.2 Å². The molecule has 0 aromatic carbocycles. The molecule has 0 aliphatic heterocycles. The second kappa shape index (κ2) is 10.1. The van der Waals surface area contributed by atoms with Crippen LogP contribution in [0.25, 0.3) is 0 Å². The Hall–Kier alpha value is -0.120. The topological polar surface area (TPSA) is 30.5 Å². The van der Waals surface area contributed by atoms with Gasteiger partial charge in [0.05, 0.1) is 13.2 Å². The lowest BCUT2D eigenvalue weighted by Crippen LogP contribution is -2.24. The van der Waals surface area contributed by atoms with Crippen molar-refractivity contribution >= 4 is 0 Å². The van der Waals surface area contributed by atoms with E-state index in [0.717, 1.165) is 45.4 Å². The number of hydrogen-bond acceptors (Lipinski definition) is 3. The molecule has 16 heavy (non-hydrogen) atoms. The summed E-state index contributed by atoms with van der Waals surface area (Å²) in [6.07, 6.45) is 6.50. The molecule has 0 heterocycles. The molecule has 0 aromatic rings. The van der Waals surface area contributed by atoms with Crippen LogP contribution in [0.4, 0.5) is 0 Å². The summed E-state index contributed by atoms with van der Waals surface area (Å²) in [5.41, 5.74) is 0. The zero-order valence-corrected chi connectivity index (χ0v) is 10.7. The van der Waals surface area contributed by atoms with Crippen LogP contribution >= 0.6 is 0 Å². The Kier molecular flexibility index (Phi) is 8.77. The number of rotatable bonds is 12. The van der Waals surface area contributed by atoms with E-state index in [1.807, 2.05) is 0 Å². The van der Waals surface area contributed by atoms with E-state index in [-0.39, 0.29) is 0 Å². The van der Waals surface area contributed by atoms with E-state index in [9.17, 15) is 0 Å². The van der Waals surface area contributed by atoms with Crippen molar-refractivity contribution in [1.82, 2.24) is 5.32 Å². The standard InChI is InChI=1S/C13H27NO2/c1-2-3-9-15-11-7-14-8-12-16-10-6-13-4-5-13/h13-14H,2-12H2,1H3. The van der Waals surface area contributed by atoms with Gasteiger partial charge in [0, 0.05) is 26.3 Å². The number of ether oxygens (including phenoxy) is 2. The van der Waals surface area contributed by atoms with Crippen LogP contribution in [-0.2, 0) is 9.47 Å². The van der Waals surface area contributed by atoms with Gasteiger partial charge in [0.2, 0.25) is 0 Å². The molecule has 0 unspecified atom stereocenters. The predicted molar refractivity (Wildman–Crippen MR) is 66.8 cm³/mol. The monoisotopic (exact) mass is 229 g/mol. The molecule has 0 atom stereocenters. The molecule has 0 bridgehead atoms. The molecule has 0 aromatic heterocycles. The maximum absolute atomic E-state index is 5.53. The molecule has 1 N–H and O–H groups in total. The first-order valence-electron chi connectivity index (χ1n) is 6.79. The zero-order chi connectivity index (χ0) is 11.5. The maximum Gasteiger partial charge on any atom is 0.0590 e. The molecule has 1 fully saturated rings. The molecule has 1 saturated carbocycles. The first-order chi connectivity index (χ1) is 7.93. The molecule has 96 valence electrons. The van der Waals surface area contributed by atoms with Gasteiger partial charge in [0.25, 0.3) is 0 Å². The van der Waals surface area contributed by atoms with Crippen molar-refractivity contribution < 1.29 is 9.47 Å². The minimum Gasteiger partial charge on any atom is -0.380 e. The van der Waals surface area contributed by atoms with Crippen molar-refractivity contribution in [3.05, 3.63) is 0 Å². The van der Waals surface area contributed by atoms with Crippen molar-refractivity contribution in [3.63, 3.8) is 0 Å². The Labute approximate surface area is 99.9 Å². The Morgan fingerprint density at radius 3 is 2.31 bits per heavy atom. The number of nitrogens with one attached hydrogen (secondary N) is 1. The Morgan fingerprint density at radius 2 is 1.69 bits per heavy atom. The van der Waals surface area contributed by atoms with Crippen LogP contribution in [0.3, 0.4) is 0 Å². The Balaban J connectivity index is 1.61. The van der Waals surface area contributed by atoms with Gasteiger partial charge in [-0.15, -0.1) is 0 Å². The fourth-order valence-electron chi connectivity index (χ4n) is 1.52. The molecule has 0 radical (unpaired) electrons. The summed E-state index contributed by atoms with van der Waals surface area (Å²) in [7, 11) is 0. The summed E-state index contributed by atoms with van der Waals surface area (Å²) in [6, 6.07) is 0. The van der Waals surface area contributed by atoms with Crippen molar-refractivity contribution in [2.45, 2.75) is 39.0 Å². The molecule has 1 aliphatic carbocycles. The maximum atomic E-state index is 5.53. The van der Waals surface area contributed by atoms with E-state index < -0.39 is 0 Å². The van der Waals surface area contributed by atoms with Crippen molar-refractivity contribution in [2.75, 3.05) is 39.5 Å². The minimum absolute atomic E-state index is 0.822. The third kappa shape index (κ3) is 9.13. The van der Waals surface area contributed by atoms with Crippen LogP contribution in [0.5, 0.6) is 0 Å². The average Bonchev–Trinajstić information content (AvgIpc) is 3.10. The Morgan fingerprint density at radius 1 is 1.00 bits per heavy atom. The lowest BCUT2D eigenvalue weighted by atomic mass is 10.3. The largest absolute Gasteiger partial charge is 0.380 e. The van der Waals surface area contributed by atoms with E-state index >= 15 is 0 Å². The van der Waals surface area contributed by atoms with E-state index in [4.69, 9.17) is 9.47 Å². The molecule has 1 rings (SSSR count). The van der Waals surface area contributed by atoms with E-state index in [1.165, 1.54) is 32.1 Å². The van der Waals surface area contributed by atoms with E-state index in [0.29, 0.717) is 0 Å². The van der Waals surface area contributed by atoms with E-state index in [1.54, 1.807) is 0 Å². The van der Waals surface area contributed by atoms with Crippen LogP contribution in [0.2, 0.25) is 0 Å². The van der Waals surface area contributed by atoms with Crippen LogP contribution in [0, 0.1) is 5.92 Å². The average molecular weight is 229 g/mol. The fourth-order valence-corrected chi connectivity index (χ4v) is 1.52. The highest BCUT2D eigenvalue weighted by Crippen LogP contribution is 2.31. The highest BCUT2D eigenvalue weighted by atomic mass is 16.5. The summed E-state index contributed by atoms with van der Waals surface area (Å²) in [5.74, 6) is 0.986. The van der Waals surface area contributed by atoms with Gasteiger partial charge in [0.15, 0.2) is 0 Å². The predicted octanol–water partition coefficient (Wildman–Crippen LogP) is 2.21. The first-order valence-corrected chi connectivity index (χ1v) is 6.79. The summed E-state index contributed by atoms with van der Waals surface area (Å²) in [4.78, 5) is 0. The summed E-state index contributed by atoms with van der Waals surface area (Å²) >= 11 is 0. The summed E-state index contributed by atoms with van der Waals surface area (Å²) < 4.78 is 11.0. The summed E-state index contributed by atoms with van der Waals surface area (Å²) in [6.45, 7) is 7.57. The normalized spacial score (nSPS) is 15.6. The van der Waals surface area contributed by atoms with Gasteiger partial charge in [-0.2, -0.15) is 0 Å². The van der Waals surface area contributed by atoms with Crippen LogP contribution < -0.4 is 5.32 Å². The third-order valence-electron chi connectivity index (χ3n) is 2.86. The van der Waals surface area contributed by atoms with Crippen molar-refractivity contribution in [2.24, 2.45) is 5.92 Å². The van der Waals surface area contributed by atoms with Gasteiger partial charge in [-0.3, -0.25) is 0 Å². The van der Waals surface area contributed by atoms with Crippen molar-refractivity contribution in [1.29, 1.82) is 0 Å². The third-order valence-corrected chi connectivity index (χ3v) is 2.86. The van der Waals surface area contributed by atoms with Gasteiger partial charge >= 0.3 is 0 Å². The smallest absolute Gasteiger partial charge is 0.0590 e. The molecule has 3 nitrogen and oxygen atoms in total. The molecule has 3 heteroatoms. The first kappa shape index (κ1) is 13.9. The molecule has 0 saturated heterocycles. The zero-order valence-electron chi connectivity index (χ0n) is 10.7. The highest BCUT2D eigenvalue weighted by molar-refractivity contribution is 4.72. The lowest BCUT2D eigenvalue weighted by Gasteiger charge is -2.06. The second-order valence-electron chi connectivity index (χ2n) is 4.56. The minimum atomic E-state index is 0.822. The molecule has 0 spiro atoms. The van der Waals surface area contributed by atoms with Gasteiger partial charge < -0.3 is 14.8 Å². The number of hydrogen-bond donors (Lipinski definition) is 1. The summed E-state index contributed by atoms with van der Waals surface area (Å²) in [5, 5.41) is 3.32. The van der Waals surface area contributed by atoms with Crippen LogP contribution in [0.1, 0.15) is 39.0 Å². The SMILES string of the molecule is CCCCOCCNCCOCCC1CC1. The molecule has 1 aliphatic rings.